The normalized spacial score (nSPS) is 27.4. The zero-order chi connectivity index (χ0) is 12.0. The van der Waals surface area contributed by atoms with Crippen molar-refractivity contribution in [1.29, 1.82) is 0 Å². The summed E-state index contributed by atoms with van der Waals surface area (Å²) in [5.74, 6) is 0.933. The molecular formula is C13H28N2O. The average molecular weight is 228 g/mol. The van der Waals surface area contributed by atoms with Gasteiger partial charge < -0.3 is 4.74 Å². The highest BCUT2D eigenvalue weighted by atomic mass is 16.5. The molecular weight excluding hydrogens is 200 g/mol. The van der Waals surface area contributed by atoms with E-state index in [2.05, 4.69) is 16.7 Å². The lowest BCUT2D eigenvalue weighted by atomic mass is 9.99. The Kier molecular flexibility index (Phi) is 6.32. The monoisotopic (exact) mass is 228 g/mol. The second-order valence-electron chi connectivity index (χ2n) is 4.79. The summed E-state index contributed by atoms with van der Waals surface area (Å²) in [5.41, 5.74) is 0. The van der Waals surface area contributed by atoms with Crippen LogP contribution in [0.2, 0.25) is 0 Å². The topological polar surface area (TPSA) is 15.7 Å². The van der Waals surface area contributed by atoms with Gasteiger partial charge in [0.05, 0.1) is 6.61 Å². The van der Waals surface area contributed by atoms with Crippen LogP contribution in [0.15, 0.2) is 0 Å². The first-order chi connectivity index (χ1) is 7.79. The lowest BCUT2D eigenvalue weighted by Crippen LogP contribution is -2.51. The van der Waals surface area contributed by atoms with Crippen LogP contribution in [0.25, 0.3) is 0 Å². The maximum absolute atomic E-state index is 5.10. The van der Waals surface area contributed by atoms with E-state index in [9.17, 15) is 0 Å². The Balaban J connectivity index is 0.000000606. The molecule has 0 bridgehead atoms. The molecule has 3 nitrogen and oxygen atoms in total. The SMILES string of the molecule is CC.COCCN1CCC(N2CC(C)C2)C1. The first kappa shape index (κ1) is 13.9. The molecule has 2 heterocycles. The molecule has 2 aliphatic rings. The molecule has 0 radical (unpaired) electrons. The fourth-order valence-corrected chi connectivity index (χ4v) is 2.58. The summed E-state index contributed by atoms with van der Waals surface area (Å²) in [5, 5.41) is 0. The number of hydrogen-bond acceptors (Lipinski definition) is 3. The molecule has 96 valence electrons. The van der Waals surface area contributed by atoms with Crippen LogP contribution in [0.3, 0.4) is 0 Å². The molecule has 1 unspecified atom stereocenters. The number of hydrogen-bond donors (Lipinski definition) is 0. The van der Waals surface area contributed by atoms with E-state index < -0.39 is 0 Å². The van der Waals surface area contributed by atoms with Crippen molar-refractivity contribution in [2.24, 2.45) is 5.92 Å². The van der Waals surface area contributed by atoms with Gasteiger partial charge in [-0.25, -0.2) is 0 Å². The summed E-state index contributed by atoms with van der Waals surface area (Å²) >= 11 is 0. The molecule has 0 amide bonds. The van der Waals surface area contributed by atoms with Crippen molar-refractivity contribution in [1.82, 2.24) is 9.80 Å². The van der Waals surface area contributed by atoms with Gasteiger partial charge in [0.15, 0.2) is 0 Å². The maximum atomic E-state index is 5.10. The Morgan fingerprint density at radius 1 is 1.19 bits per heavy atom. The van der Waals surface area contributed by atoms with Crippen LogP contribution in [-0.4, -0.2) is 62.3 Å². The van der Waals surface area contributed by atoms with E-state index >= 15 is 0 Å². The van der Waals surface area contributed by atoms with E-state index in [4.69, 9.17) is 4.74 Å². The van der Waals surface area contributed by atoms with Crippen molar-refractivity contribution in [3.63, 3.8) is 0 Å². The molecule has 0 aromatic heterocycles. The van der Waals surface area contributed by atoms with Gasteiger partial charge in [-0.2, -0.15) is 0 Å². The van der Waals surface area contributed by atoms with Crippen LogP contribution in [0.1, 0.15) is 27.2 Å². The van der Waals surface area contributed by atoms with Gasteiger partial charge >= 0.3 is 0 Å². The predicted molar refractivity (Wildman–Crippen MR) is 68.8 cm³/mol. The number of likely N-dealkylation sites (tertiary alicyclic amines) is 2. The molecule has 2 fully saturated rings. The first-order valence-electron chi connectivity index (χ1n) is 6.75. The van der Waals surface area contributed by atoms with Crippen LogP contribution >= 0.6 is 0 Å². The highest BCUT2D eigenvalue weighted by Crippen LogP contribution is 2.23. The molecule has 0 aliphatic carbocycles. The van der Waals surface area contributed by atoms with E-state index in [1.807, 2.05) is 13.8 Å². The minimum Gasteiger partial charge on any atom is -0.383 e. The Morgan fingerprint density at radius 2 is 1.88 bits per heavy atom. The van der Waals surface area contributed by atoms with Crippen LogP contribution in [0.4, 0.5) is 0 Å². The molecule has 0 N–H and O–H groups in total. The Labute approximate surface area is 101 Å². The Bertz CT molecular complexity index is 181. The quantitative estimate of drug-likeness (QED) is 0.728. The van der Waals surface area contributed by atoms with Gasteiger partial charge in [-0.3, -0.25) is 9.80 Å². The third-order valence-electron chi connectivity index (χ3n) is 3.47. The molecule has 0 aromatic carbocycles. The number of rotatable bonds is 4. The Hall–Kier alpha value is -0.120. The standard InChI is InChI=1S/C11H22N2O.C2H6/c1-10-7-13(8-10)11-3-4-12(9-11)5-6-14-2;1-2/h10-11H,3-9H2,1-2H3;1-2H3. The van der Waals surface area contributed by atoms with Crippen LogP contribution < -0.4 is 0 Å². The summed E-state index contributed by atoms with van der Waals surface area (Å²) in [6, 6.07) is 0.836. The average Bonchev–Trinajstić information content (AvgIpc) is 2.73. The lowest BCUT2D eigenvalue weighted by Gasteiger charge is -2.41. The van der Waals surface area contributed by atoms with Crippen LogP contribution in [0, 0.1) is 5.92 Å². The van der Waals surface area contributed by atoms with E-state index in [0.717, 1.165) is 25.1 Å². The fourth-order valence-electron chi connectivity index (χ4n) is 2.58. The molecule has 16 heavy (non-hydrogen) atoms. The lowest BCUT2D eigenvalue weighted by molar-refractivity contribution is 0.0636. The van der Waals surface area contributed by atoms with E-state index in [0.29, 0.717) is 0 Å². The van der Waals surface area contributed by atoms with Gasteiger partial charge in [-0.1, -0.05) is 20.8 Å². The largest absolute Gasteiger partial charge is 0.383 e. The Morgan fingerprint density at radius 3 is 2.44 bits per heavy atom. The third-order valence-corrected chi connectivity index (χ3v) is 3.47. The molecule has 0 spiro atoms. The summed E-state index contributed by atoms with van der Waals surface area (Å²) in [7, 11) is 1.78. The van der Waals surface area contributed by atoms with Gasteiger partial charge in [0.1, 0.15) is 0 Å². The molecule has 3 heteroatoms. The molecule has 2 saturated heterocycles. The smallest absolute Gasteiger partial charge is 0.0589 e. The first-order valence-corrected chi connectivity index (χ1v) is 6.75. The van der Waals surface area contributed by atoms with Gasteiger partial charge in [0.25, 0.3) is 0 Å². The minimum absolute atomic E-state index is 0.836. The van der Waals surface area contributed by atoms with E-state index in [1.54, 1.807) is 7.11 Å². The summed E-state index contributed by atoms with van der Waals surface area (Å²) in [6.07, 6.45) is 1.36. The van der Waals surface area contributed by atoms with Crippen molar-refractivity contribution < 1.29 is 4.74 Å². The second kappa shape index (κ2) is 7.25. The molecule has 0 saturated carbocycles. The van der Waals surface area contributed by atoms with Gasteiger partial charge in [0.2, 0.25) is 0 Å². The summed E-state index contributed by atoms with van der Waals surface area (Å²) in [4.78, 5) is 5.16. The molecule has 0 aromatic rings. The molecule has 2 aliphatic heterocycles. The maximum Gasteiger partial charge on any atom is 0.0589 e. The molecule has 1 atom stereocenters. The van der Waals surface area contributed by atoms with E-state index in [1.165, 1.54) is 32.6 Å². The number of methoxy groups -OCH3 is 1. The predicted octanol–water partition coefficient (Wildman–Crippen LogP) is 1.69. The van der Waals surface area contributed by atoms with Crippen LogP contribution in [-0.2, 0) is 4.74 Å². The highest BCUT2D eigenvalue weighted by molar-refractivity contribution is 4.89. The van der Waals surface area contributed by atoms with Crippen molar-refractivity contribution in [2.45, 2.75) is 33.2 Å². The van der Waals surface area contributed by atoms with Crippen molar-refractivity contribution in [3.8, 4) is 0 Å². The van der Waals surface area contributed by atoms with Crippen molar-refractivity contribution >= 4 is 0 Å². The summed E-state index contributed by atoms with van der Waals surface area (Å²) < 4.78 is 5.10. The zero-order valence-corrected chi connectivity index (χ0v) is 11.4. The fraction of sp³-hybridized carbons (Fsp3) is 1.00. The summed E-state index contributed by atoms with van der Waals surface area (Å²) in [6.45, 7) is 13.5. The molecule has 2 rings (SSSR count). The van der Waals surface area contributed by atoms with E-state index in [-0.39, 0.29) is 0 Å². The highest BCUT2D eigenvalue weighted by Gasteiger charge is 2.33. The van der Waals surface area contributed by atoms with Crippen molar-refractivity contribution in [2.75, 3.05) is 46.4 Å². The van der Waals surface area contributed by atoms with Gasteiger partial charge in [0, 0.05) is 39.3 Å². The van der Waals surface area contributed by atoms with Gasteiger partial charge in [-0.05, 0) is 18.9 Å². The van der Waals surface area contributed by atoms with Crippen LogP contribution in [0.5, 0.6) is 0 Å². The van der Waals surface area contributed by atoms with Crippen molar-refractivity contribution in [3.05, 3.63) is 0 Å². The zero-order valence-electron chi connectivity index (χ0n) is 11.4. The van der Waals surface area contributed by atoms with Gasteiger partial charge in [-0.15, -0.1) is 0 Å². The third kappa shape index (κ3) is 3.72. The minimum atomic E-state index is 0.836. The number of ether oxygens (including phenoxy) is 1. The second-order valence-corrected chi connectivity index (χ2v) is 4.79. The number of nitrogens with zero attached hydrogens (tertiary/aromatic N) is 2.